The highest BCUT2D eigenvalue weighted by Gasteiger charge is 2.07. The minimum Gasteiger partial charge on any atom is -0.248 e. The minimum absolute atomic E-state index is 1.19. The van der Waals surface area contributed by atoms with Gasteiger partial charge in [0.15, 0.2) is 0 Å². The van der Waals surface area contributed by atoms with Crippen LogP contribution < -0.4 is 4.57 Å². The first-order valence-corrected chi connectivity index (χ1v) is 4.28. The van der Waals surface area contributed by atoms with E-state index in [1.807, 2.05) is 0 Å². The molecular formula is C9H17N2+. The zero-order valence-corrected chi connectivity index (χ0v) is 7.65. The summed E-state index contributed by atoms with van der Waals surface area (Å²) >= 11 is 0. The van der Waals surface area contributed by atoms with Gasteiger partial charge >= 0.3 is 0 Å². The summed E-state index contributed by atoms with van der Waals surface area (Å²) in [6, 6.07) is 0. The molecule has 0 atom stereocenters. The number of unbranched alkanes of at least 4 members (excludes halogenated alkanes) is 1. The van der Waals surface area contributed by atoms with E-state index in [1.54, 1.807) is 0 Å². The molecule has 0 unspecified atom stereocenters. The molecule has 0 radical (unpaired) electrons. The van der Waals surface area contributed by atoms with Gasteiger partial charge in [0.05, 0.1) is 7.05 Å². The molecule has 0 aliphatic heterocycles. The molecule has 0 saturated carbocycles. The number of aromatic amines is 1. The highest BCUT2D eigenvalue weighted by molar-refractivity contribution is 4.89. The van der Waals surface area contributed by atoms with Crippen LogP contribution in [0.3, 0.4) is 0 Å². The minimum atomic E-state index is 1.19. The molecule has 1 aromatic rings. The molecule has 0 amide bonds. The molecule has 0 bridgehead atoms. The molecule has 0 aliphatic carbocycles. The van der Waals surface area contributed by atoms with Crippen molar-refractivity contribution in [2.45, 2.75) is 33.1 Å². The van der Waals surface area contributed by atoms with Crippen molar-refractivity contribution in [2.75, 3.05) is 0 Å². The number of aromatic nitrogens is 2. The molecule has 11 heavy (non-hydrogen) atoms. The second-order valence-corrected chi connectivity index (χ2v) is 3.03. The Morgan fingerprint density at radius 1 is 1.55 bits per heavy atom. The maximum atomic E-state index is 3.21. The molecule has 1 rings (SSSR count). The van der Waals surface area contributed by atoms with Gasteiger partial charge < -0.3 is 0 Å². The van der Waals surface area contributed by atoms with Gasteiger partial charge in [-0.2, -0.15) is 0 Å². The van der Waals surface area contributed by atoms with Crippen molar-refractivity contribution in [2.24, 2.45) is 7.05 Å². The fourth-order valence-corrected chi connectivity index (χ4v) is 1.19. The van der Waals surface area contributed by atoms with Crippen LogP contribution in [0.1, 0.15) is 31.3 Å². The van der Waals surface area contributed by atoms with Crippen molar-refractivity contribution in [1.29, 1.82) is 0 Å². The zero-order valence-electron chi connectivity index (χ0n) is 7.65. The van der Waals surface area contributed by atoms with Gasteiger partial charge in [-0.1, -0.05) is 13.3 Å². The Labute approximate surface area is 68.3 Å². The van der Waals surface area contributed by atoms with Crippen LogP contribution >= 0.6 is 0 Å². The van der Waals surface area contributed by atoms with Crippen molar-refractivity contribution in [3.05, 3.63) is 17.7 Å². The molecule has 0 aromatic carbocycles. The number of hydrogen-bond acceptors (Lipinski definition) is 0. The first kappa shape index (κ1) is 8.31. The third-order valence-electron chi connectivity index (χ3n) is 2.17. The summed E-state index contributed by atoms with van der Waals surface area (Å²) < 4.78 is 2.22. The molecule has 0 fully saturated rings. The summed E-state index contributed by atoms with van der Waals surface area (Å²) in [5.41, 5.74) is 1.41. The van der Waals surface area contributed by atoms with Crippen LogP contribution in [-0.2, 0) is 13.5 Å². The predicted molar refractivity (Wildman–Crippen MR) is 45.3 cm³/mol. The van der Waals surface area contributed by atoms with Crippen LogP contribution in [0.5, 0.6) is 0 Å². The molecule has 1 heterocycles. The highest BCUT2D eigenvalue weighted by atomic mass is 15.0. The van der Waals surface area contributed by atoms with E-state index in [-0.39, 0.29) is 0 Å². The molecule has 2 heteroatoms. The van der Waals surface area contributed by atoms with Gasteiger partial charge in [-0.25, -0.2) is 9.55 Å². The van der Waals surface area contributed by atoms with Crippen LogP contribution in [-0.4, -0.2) is 4.98 Å². The summed E-state index contributed by atoms with van der Waals surface area (Å²) in [6.45, 7) is 4.31. The molecule has 0 spiro atoms. The maximum Gasteiger partial charge on any atom is 0.251 e. The van der Waals surface area contributed by atoms with Gasteiger partial charge in [0, 0.05) is 13.3 Å². The van der Waals surface area contributed by atoms with Crippen molar-refractivity contribution in [1.82, 2.24) is 4.98 Å². The fourth-order valence-electron chi connectivity index (χ4n) is 1.19. The van der Waals surface area contributed by atoms with Gasteiger partial charge in [-0.3, -0.25) is 0 Å². The lowest BCUT2D eigenvalue weighted by atomic mass is 10.2. The second-order valence-electron chi connectivity index (χ2n) is 3.03. The van der Waals surface area contributed by atoms with E-state index in [1.165, 1.54) is 30.8 Å². The van der Waals surface area contributed by atoms with E-state index in [9.17, 15) is 0 Å². The van der Waals surface area contributed by atoms with Crippen LogP contribution in [0.25, 0.3) is 0 Å². The zero-order chi connectivity index (χ0) is 8.27. The van der Waals surface area contributed by atoms with Crippen LogP contribution in [0, 0.1) is 6.92 Å². The largest absolute Gasteiger partial charge is 0.251 e. The first-order chi connectivity index (χ1) is 5.25. The van der Waals surface area contributed by atoms with Crippen LogP contribution in [0.4, 0.5) is 0 Å². The Hall–Kier alpha value is -0.790. The molecule has 1 N–H and O–H groups in total. The number of rotatable bonds is 3. The van der Waals surface area contributed by atoms with Crippen molar-refractivity contribution >= 4 is 0 Å². The Morgan fingerprint density at radius 3 is 2.73 bits per heavy atom. The third kappa shape index (κ3) is 1.82. The highest BCUT2D eigenvalue weighted by Crippen LogP contribution is 1.98. The Morgan fingerprint density at radius 2 is 2.27 bits per heavy atom. The second kappa shape index (κ2) is 3.56. The van der Waals surface area contributed by atoms with Crippen molar-refractivity contribution < 1.29 is 4.57 Å². The Kier molecular flexibility index (Phi) is 2.69. The van der Waals surface area contributed by atoms with Gasteiger partial charge in [0.1, 0.15) is 11.9 Å². The fraction of sp³-hybridized carbons (Fsp3) is 0.667. The molecule has 0 saturated heterocycles. The third-order valence-corrected chi connectivity index (χ3v) is 2.17. The quantitative estimate of drug-likeness (QED) is 0.635. The Bertz CT molecular complexity index is 225. The SMILES string of the molecule is CCCCc1c[nH]c(C)[n+]1C. The summed E-state index contributed by atoms with van der Waals surface area (Å²) in [5.74, 6) is 1.23. The molecular weight excluding hydrogens is 136 g/mol. The van der Waals surface area contributed by atoms with E-state index in [2.05, 4.69) is 36.6 Å². The van der Waals surface area contributed by atoms with Gasteiger partial charge in [-0.15, -0.1) is 0 Å². The standard InChI is InChI=1S/C9H16N2/c1-4-5-6-9-7-10-8(2)11(9)3/h7H,4-6H2,1-3H3/p+1. The molecule has 1 aromatic heterocycles. The number of imidazole rings is 1. The maximum absolute atomic E-state index is 3.21. The Balaban J connectivity index is 2.63. The number of aryl methyl sites for hydroxylation is 2. The topological polar surface area (TPSA) is 19.7 Å². The number of nitrogens with zero attached hydrogens (tertiary/aromatic N) is 1. The van der Waals surface area contributed by atoms with Gasteiger partial charge in [0.25, 0.3) is 5.82 Å². The molecule has 2 nitrogen and oxygen atoms in total. The summed E-state index contributed by atoms with van der Waals surface area (Å²) in [7, 11) is 2.11. The van der Waals surface area contributed by atoms with E-state index < -0.39 is 0 Å². The average molecular weight is 153 g/mol. The lowest BCUT2D eigenvalue weighted by molar-refractivity contribution is -0.683. The van der Waals surface area contributed by atoms with E-state index in [4.69, 9.17) is 0 Å². The predicted octanol–water partition coefficient (Wildman–Crippen LogP) is 1.49. The molecule has 0 aliphatic rings. The van der Waals surface area contributed by atoms with E-state index in [0.717, 1.165) is 0 Å². The van der Waals surface area contributed by atoms with Crippen molar-refractivity contribution in [3.8, 4) is 0 Å². The first-order valence-electron chi connectivity index (χ1n) is 4.28. The monoisotopic (exact) mass is 153 g/mol. The average Bonchev–Trinajstić information content (AvgIpc) is 2.31. The number of H-pyrrole nitrogens is 1. The summed E-state index contributed by atoms with van der Waals surface area (Å²) in [5, 5.41) is 0. The van der Waals surface area contributed by atoms with E-state index in [0.29, 0.717) is 0 Å². The number of nitrogens with one attached hydrogen (secondary N) is 1. The van der Waals surface area contributed by atoms with Crippen LogP contribution in [0.2, 0.25) is 0 Å². The summed E-state index contributed by atoms with van der Waals surface area (Å²) in [4.78, 5) is 3.21. The smallest absolute Gasteiger partial charge is 0.248 e. The van der Waals surface area contributed by atoms with Crippen molar-refractivity contribution in [3.63, 3.8) is 0 Å². The van der Waals surface area contributed by atoms with E-state index >= 15 is 0 Å². The lowest BCUT2D eigenvalue weighted by Crippen LogP contribution is -2.33. The van der Waals surface area contributed by atoms with Gasteiger partial charge in [-0.05, 0) is 6.42 Å². The number of hydrogen-bond donors (Lipinski definition) is 1. The summed E-state index contributed by atoms with van der Waals surface area (Å²) in [6.07, 6.45) is 5.84. The normalized spacial score (nSPS) is 10.5. The van der Waals surface area contributed by atoms with Gasteiger partial charge in [0.2, 0.25) is 0 Å². The van der Waals surface area contributed by atoms with Crippen LogP contribution in [0.15, 0.2) is 6.20 Å². The molecule has 62 valence electrons. The lowest BCUT2D eigenvalue weighted by Gasteiger charge is -1.94.